The van der Waals surface area contributed by atoms with Crippen molar-refractivity contribution in [3.05, 3.63) is 36.3 Å². The van der Waals surface area contributed by atoms with E-state index in [0.717, 1.165) is 22.2 Å². The van der Waals surface area contributed by atoms with Gasteiger partial charge in [-0.2, -0.15) is 5.10 Å². The summed E-state index contributed by atoms with van der Waals surface area (Å²) in [5.41, 5.74) is 9.58. The molecule has 0 atom stereocenters. The highest BCUT2D eigenvalue weighted by atomic mass is 16.3. The van der Waals surface area contributed by atoms with Crippen LogP contribution in [-0.4, -0.2) is 31.5 Å². The molecule has 0 aromatic carbocycles. The number of hydrogen-bond donors (Lipinski definition) is 2. The second-order valence-electron chi connectivity index (χ2n) is 4.56. The molecule has 0 radical (unpaired) electrons. The molecule has 0 aliphatic rings. The molecule has 0 bridgehead atoms. The maximum atomic E-state index is 9.05. The first kappa shape index (κ1) is 12.6. The zero-order valence-electron chi connectivity index (χ0n) is 11.1. The van der Waals surface area contributed by atoms with Gasteiger partial charge in [-0.15, -0.1) is 0 Å². The number of anilines is 1. The van der Waals surface area contributed by atoms with Gasteiger partial charge in [0.1, 0.15) is 0 Å². The van der Waals surface area contributed by atoms with Crippen molar-refractivity contribution in [1.82, 2.24) is 19.7 Å². The summed E-state index contributed by atoms with van der Waals surface area (Å²) in [6, 6.07) is 5.86. The Morgan fingerprint density at radius 3 is 2.75 bits per heavy atom. The van der Waals surface area contributed by atoms with Crippen molar-refractivity contribution in [2.24, 2.45) is 0 Å². The lowest BCUT2D eigenvalue weighted by molar-refractivity contribution is 0.271. The Balaban J connectivity index is 2.22. The highest BCUT2D eigenvalue weighted by Crippen LogP contribution is 2.28. The number of nitrogens with two attached hydrogens (primary N) is 1. The molecule has 3 N–H and O–H groups in total. The van der Waals surface area contributed by atoms with E-state index in [4.69, 9.17) is 10.8 Å². The van der Waals surface area contributed by atoms with E-state index in [2.05, 4.69) is 15.1 Å². The molecule has 0 aliphatic carbocycles. The number of aliphatic hydroxyl groups excluding tert-OH is 1. The second kappa shape index (κ2) is 4.90. The van der Waals surface area contributed by atoms with E-state index in [0.29, 0.717) is 18.0 Å². The number of nitrogens with zero attached hydrogens (tertiary/aromatic N) is 4. The number of fused-ring (bicyclic) bond motifs is 1. The van der Waals surface area contributed by atoms with Gasteiger partial charge in [-0.25, -0.2) is 9.67 Å². The van der Waals surface area contributed by atoms with Crippen molar-refractivity contribution in [2.75, 3.05) is 12.3 Å². The van der Waals surface area contributed by atoms with E-state index in [1.807, 2.05) is 25.1 Å². The Hall–Kier alpha value is -2.47. The third-order valence-electron chi connectivity index (χ3n) is 3.24. The molecule has 3 heterocycles. The lowest BCUT2D eigenvalue weighted by atomic mass is 10.0. The molecule has 6 nitrogen and oxygen atoms in total. The van der Waals surface area contributed by atoms with Gasteiger partial charge < -0.3 is 10.8 Å². The van der Waals surface area contributed by atoms with Crippen LogP contribution < -0.4 is 5.73 Å². The van der Waals surface area contributed by atoms with E-state index < -0.39 is 0 Å². The van der Waals surface area contributed by atoms with Gasteiger partial charge in [-0.1, -0.05) is 0 Å². The summed E-state index contributed by atoms with van der Waals surface area (Å²) >= 11 is 0. The molecule has 0 saturated heterocycles. The maximum Gasteiger partial charge on any atom is 0.160 e. The van der Waals surface area contributed by atoms with Crippen LogP contribution in [0.15, 0.2) is 30.6 Å². The van der Waals surface area contributed by atoms with E-state index in [1.165, 1.54) is 0 Å². The highest BCUT2D eigenvalue weighted by molar-refractivity contribution is 5.90. The molecule has 0 amide bonds. The van der Waals surface area contributed by atoms with Crippen molar-refractivity contribution in [1.29, 1.82) is 0 Å². The topological polar surface area (TPSA) is 89.9 Å². The van der Waals surface area contributed by atoms with Crippen LogP contribution in [0.2, 0.25) is 0 Å². The normalized spacial score (nSPS) is 11.1. The Labute approximate surface area is 115 Å². The molecule has 0 saturated carbocycles. The molecule has 6 heteroatoms. The zero-order valence-corrected chi connectivity index (χ0v) is 11.1. The first-order chi connectivity index (χ1) is 9.70. The molecule has 3 rings (SSSR count). The average molecular weight is 269 g/mol. The van der Waals surface area contributed by atoms with Gasteiger partial charge in [0.2, 0.25) is 0 Å². The Kier molecular flexibility index (Phi) is 3.08. The van der Waals surface area contributed by atoms with Gasteiger partial charge in [0.15, 0.2) is 11.5 Å². The van der Waals surface area contributed by atoms with Crippen molar-refractivity contribution < 1.29 is 5.11 Å². The Bertz CT molecular complexity index is 751. The molecule has 20 heavy (non-hydrogen) atoms. The summed E-state index contributed by atoms with van der Waals surface area (Å²) in [6.07, 6.45) is 3.50. The van der Waals surface area contributed by atoms with Crippen LogP contribution in [0.4, 0.5) is 5.82 Å². The predicted octanol–water partition coefficient (Wildman–Crippen LogP) is 1.38. The third-order valence-corrected chi connectivity index (χ3v) is 3.24. The van der Waals surface area contributed by atoms with Crippen LogP contribution in [0, 0.1) is 6.92 Å². The van der Waals surface area contributed by atoms with Crippen molar-refractivity contribution in [2.45, 2.75) is 13.5 Å². The minimum absolute atomic E-state index is 0.00303. The first-order valence-corrected chi connectivity index (χ1v) is 6.35. The van der Waals surface area contributed by atoms with E-state index in [1.54, 1.807) is 17.1 Å². The van der Waals surface area contributed by atoms with Crippen molar-refractivity contribution in [3.8, 4) is 11.1 Å². The van der Waals surface area contributed by atoms with Gasteiger partial charge in [0.25, 0.3) is 0 Å². The van der Waals surface area contributed by atoms with E-state index >= 15 is 0 Å². The average Bonchev–Trinajstić information content (AvgIpc) is 2.75. The van der Waals surface area contributed by atoms with Crippen molar-refractivity contribution >= 4 is 16.9 Å². The number of pyridine rings is 2. The van der Waals surface area contributed by atoms with Crippen LogP contribution in [0.5, 0.6) is 0 Å². The maximum absolute atomic E-state index is 9.05. The fourth-order valence-corrected chi connectivity index (χ4v) is 2.28. The number of aromatic nitrogens is 4. The van der Waals surface area contributed by atoms with Crippen LogP contribution in [-0.2, 0) is 6.54 Å². The SMILES string of the molecule is Cc1nc2c(cc1-c1ccncc1)c(N)nn2CCO. The molecule has 0 unspecified atom stereocenters. The number of hydrogen-bond acceptors (Lipinski definition) is 5. The van der Waals surface area contributed by atoms with Gasteiger partial charge in [-0.05, 0) is 30.7 Å². The van der Waals surface area contributed by atoms with E-state index in [-0.39, 0.29) is 6.61 Å². The second-order valence-corrected chi connectivity index (χ2v) is 4.56. The summed E-state index contributed by atoms with van der Waals surface area (Å²) in [7, 11) is 0. The van der Waals surface area contributed by atoms with Gasteiger partial charge in [0.05, 0.1) is 18.5 Å². The zero-order chi connectivity index (χ0) is 14.1. The molecule has 0 spiro atoms. The molecule has 0 fully saturated rings. The quantitative estimate of drug-likeness (QED) is 0.749. The fourth-order valence-electron chi connectivity index (χ4n) is 2.28. The Morgan fingerprint density at radius 1 is 1.30 bits per heavy atom. The number of nitrogen functional groups attached to an aromatic ring is 1. The summed E-state index contributed by atoms with van der Waals surface area (Å²) in [6.45, 7) is 2.33. The number of aryl methyl sites for hydroxylation is 1. The molecule has 0 aliphatic heterocycles. The number of rotatable bonds is 3. The van der Waals surface area contributed by atoms with Gasteiger partial charge in [-0.3, -0.25) is 4.98 Å². The third kappa shape index (κ3) is 2.00. The van der Waals surface area contributed by atoms with Crippen LogP contribution in [0.3, 0.4) is 0 Å². The van der Waals surface area contributed by atoms with Crippen LogP contribution >= 0.6 is 0 Å². The summed E-state index contributed by atoms with van der Waals surface area (Å²) in [4.78, 5) is 8.60. The molecule has 3 aromatic rings. The largest absolute Gasteiger partial charge is 0.394 e. The minimum Gasteiger partial charge on any atom is -0.394 e. The first-order valence-electron chi connectivity index (χ1n) is 6.35. The minimum atomic E-state index is 0.00303. The van der Waals surface area contributed by atoms with Crippen molar-refractivity contribution in [3.63, 3.8) is 0 Å². The highest BCUT2D eigenvalue weighted by Gasteiger charge is 2.13. The molecular weight excluding hydrogens is 254 g/mol. The predicted molar refractivity (Wildman–Crippen MR) is 77.0 cm³/mol. The van der Waals surface area contributed by atoms with Gasteiger partial charge >= 0.3 is 0 Å². The summed E-state index contributed by atoms with van der Waals surface area (Å²) in [5.74, 6) is 0.427. The van der Waals surface area contributed by atoms with Gasteiger partial charge in [0, 0.05) is 23.7 Å². The molecule has 102 valence electrons. The fraction of sp³-hybridized carbons (Fsp3) is 0.214. The van der Waals surface area contributed by atoms with Crippen LogP contribution in [0.25, 0.3) is 22.2 Å². The summed E-state index contributed by atoms with van der Waals surface area (Å²) in [5, 5.41) is 14.1. The smallest absolute Gasteiger partial charge is 0.160 e. The Morgan fingerprint density at radius 2 is 2.05 bits per heavy atom. The lowest BCUT2D eigenvalue weighted by Crippen LogP contribution is -2.05. The standard InChI is InChI=1S/C14H15N5O/c1-9-11(10-2-4-16-5-3-10)8-12-13(15)18-19(6-7-20)14(12)17-9/h2-5,8,20H,6-7H2,1H3,(H2,15,18). The summed E-state index contributed by atoms with van der Waals surface area (Å²) < 4.78 is 1.63. The molecular formula is C14H15N5O. The lowest BCUT2D eigenvalue weighted by Gasteiger charge is -2.06. The van der Waals surface area contributed by atoms with E-state index in [9.17, 15) is 0 Å². The molecule has 3 aromatic heterocycles. The monoisotopic (exact) mass is 269 g/mol. The van der Waals surface area contributed by atoms with Crippen LogP contribution in [0.1, 0.15) is 5.69 Å². The number of aliphatic hydroxyl groups is 1.